The van der Waals surface area contributed by atoms with E-state index >= 15 is 0 Å². The smallest absolute Gasteiger partial charge is 0.329 e. The first-order valence-corrected chi connectivity index (χ1v) is 9.93. The normalized spacial score (nSPS) is 11.1. The SMILES string of the molecule is CCOC(=O)[C@H](CCCCNC(=O)COCC(=O)O)NC(=O)CCCCCN=[N+]=[N-]. The Morgan fingerprint density at radius 2 is 1.83 bits per heavy atom. The summed E-state index contributed by atoms with van der Waals surface area (Å²) in [5.74, 6) is -2.32. The lowest BCUT2D eigenvalue weighted by Gasteiger charge is -2.17. The molecule has 0 bridgehead atoms. The van der Waals surface area contributed by atoms with Crippen molar-refractivity contribution in [3.8, 4) is 0 Å². The molecule has 0 aromatic carbocycles. The van der Waals surface area contributed by atoms with Gasteiger partial charge in [-0.3, -0.25) is 9.59 Å². The third-order valence-corrected chi connectivity index (χ3v) is 3.83. The summed E-state index contributed by atoms with van der Waals surface area (Å²) in [6, 6.07) is -0.754. The molecule has 0 spiro atoms. The molecule has 3 N–H and O–H groups in total. The zero-order chi connectivity index (χ0) is 22.6. The predicted molar refractivity (Wildman–Crippen MR) is 106 cm³/mol. The van der Waals surface area contributed by atoms with E-state index in [0.29, 0.717) is 45.2 Å². The Hall–Kier alpha value is -2.85. The largest absolute Gasteiger partial charge is 0.480 e. The van der Waals surface area contributed by atoms with E-state index in [2.05, 4.69) is 25.4 Å². The second-order valence-corrected chi connectivity index (χ2v) is 6.37. The van der Waals surface area contributed by atoms with Crippen LogP contribution in [0.1, 0.15) is 51.9 Å². The highest BCUT2D eigenvalue weighted by Crippen LogP contribution is 2.06. The van der Waals surface area contributed by atoms with Gasteiger partial charge < -0.3 is 25.2 Å². The Morgan fingerprint density at radius 1 is 1.07 bits per heavy atom. The number of esters is 1. The molecule has 0 unspecified atom stereocenters. The number of nitrogens with zero attached hydrogens (tertiary/aromatic N) is 3. The molecule has 0 aromatic rings. The zero-order valence-corrected chi connectivity index (χ0v) is 17.3. The van der Waals surface area contributed by atoms with E-state index in [1.807, 2.05) is 0 Å². The zero-order valence-electron chi connectivity index (χ0n) is 17.3. The van der Waals surface area contributed by atoms with Gasteiger partial charge in [0.15, 0.2) is 0 Å². The Balaban J connectivity index is 4.14. The second kappa shape index (κ2) is 18.2. The van der Waals surface area contributed by atoms with Gasteiger partial charge in [0.25, 0.3) is 0 Å². The van der Waals surface area contributed by atoms with Crippen molar-refractivity contribution in [3.05, 3.63) is 10.4 Å². The highest BCUT2D eigenvalue weighted by molar-refractivity contribution is 5.84. The molecule has 1 atom stereocenters. The highest BCUT2D eigenvalue weighted by atomic mass is 16.5. The Bertz CT molecular complexity index is 593. The number of carboxylic acid groups (broad SMARTS) is 1. The molecule has 12 nitrogen and oxygen atoms in total. The van der Waals surface area contributed by atoms with Crippen LogP contribution in [0.5, 0.6) is 0 Å². The van der Waals surface area contributed by atoms with Crippen LogP contribution in [0, 0.1) is 0 Å². The van der Waals surface area contributed by atoms with Gasteiger partial charge in [-0.15, -0.1) is 0 Å². The number of unbranched alkanes of at least 4 members (excludes halogenated alkanes) is 3. The third-order valence-electron chi connectivity index (χ3n) is 3.83. The first-order valence-electron chi connectivity index (χ1n) is 9.93. The highest BCUT2D eigenvalue weighted by Gasteiger charge is 2.21. The van der Waals surface area contributed by atoms with E-state index in [1.54, 1.807) is 6.92 Å². The summed E-state index contributed by atoms with van der Waals surface area (Å²) in [6.07, 6.45) is 3.82. The molecule has 0 saturated carbocycles. The van der Waals surface area contributed by atoms with Crippen LogP contribution >= 0.6 is 0 Å². The summed E-state index contributed by atoms with van der Waals surface area (Å²) in [6.45, 7) is 1.74. The molecular formula is C18H31N5O7. The van der Waals surface area contributed by atoms with Gasteiger partial charge in [0, 0.05) is 24.4 Å². The van der Waals surface area contributed by atoms with E-state index in [4.69, 9.17) is 15.4 Å². The summed E-state index contributed by atoms with van der Waals surface area (Å²) in [5.41, 5.74) is 8.19. The molecule has 2 amide bonds. The van der Waals surface area contributed by atoms with Crippen LogP contribution in [0.3, 0.4) is 0 Å². The molecule has 0 aliphatic rings. The molecule has 0 heterocycles. The number of ether oxygens (including phenoxy) is 2. The van der Waals surface area contributed by atoms with Crippen molar-refractivity contribution in [2.24, 2.45) is 5.11 Å². The van der Waals surface area contributed by atoms with E-state index in [1.165, 1.54) is 0 Å². The molecule has 30 heavy (non-hydrogen) atoms. The fraction of sp³-hybridized carbons (Fsp3) is 0.778. The maximum Gasteiger partial charge on any atom is 0.329 e. The van der Waals surface area contributed by atoms with Crippen molar-refractivity contribution in [2.45, 2.75) is 57.9 Å². The predicted octanol–water partition coefficient (Wildman–Crippen LogP) is 1.29. The number of carboxylic acids is 1. The van der Waals surface area contributed by atoms with Crippen molar-refractivity contribution < 1.29 is 33.8 Å². The summed E-state index contributed by atoms with van der Waals surface area (Å²) >= 11 is 0. The van der Waals surface area contributed by atoms with Gasteiger partial charge in [0.2, 0.25) is 11.8 Å². The minimum atomic E-state index is -1.15. The lowest BCUT2D eigenvalue weighted by molar-refractivity contribution is -0.147. The molecule has 170 valence electrons. The summed E-state index contributed by atoms with van der Waals surface area (Å²) < 4.78 is 9.67. The Labute approximate surface area is 175 Å². The van der Waals surface area contributed by atoms with Crippen LogP contribution in [0.4, 0.5) is 0 Å². The van der Waals surface area contributed by atoms with Crippen LogP contribution in [-0.4, -0.2) is 67.8 Å². The van der Waals surface area contributed by atoms with E-state index in [0.717, 1.165) is 6.42 Å². The molecule has 0 fully saturated rings. The maximum atomic E-state index is 12.1. The minimum Gasteiger partial charge on any atom is -0.480 e. The van der Waals surface area contributed by atoms with E-state index in [-0.39, 0.29) is 25.5 Å². The Kier molecular flexibility index (Phi) is 16.5. The number of rotatable bonds is 18. The number of carbonyl (C=O) groups excluding carboxylic acids is 3. The molecule has 0 aliphatic heterocycles. The van der Waals surface area contributed by atoms with Gasteiger partial charge in [0.1, 0.15) is 19.3 Å². The number of hydrogen-bond acceptors (Lipinski definition) is 7. The summed E-state index contributed by atoms with van der Waals surface area (Å²) in [5, 5.41) is 17.1. The van der Waals surface area contributed by atoms with Crippen LogP contribution in [0.15, 0.2) is 5.11 Å². The Morgan fingerprint density at radius 3 is 2.50 bits per heavy atom. The number of nitrogens with one attached hydrogen (secondary N) is 2. The van der Waals surface area contributed by atoms with Crippen molar-refractivity contribution in [3.63, 3.8) is 0 Å². The van der Waals surface area contributed by atoms with E-state index in [9.17, 15) is 19.2 Å². The summed E-state index contributed by atoms with van der Waals surface area (Å²) in [4.78, 5) is 48.5. The molecule has 0 aliphatic carbocycles. The molecule has 0 saturated heterocycles. The lowest BCUT2D eigenvalue weighted by atomic mass is 10.1. The van der Waals surface area contributed by atoms with Crippen LogP contribution < -0.4 is 10.6 Å². The molecule has 12 heteroatoms. The van der Waals surface area contributed by atoms with Gasteiger partial charge in [-0.05, 0) is 44.6 Å². The number of aliphatic carboxylic acids is 1. The standard InChI is InChI=1S/C18H31N5O7/c1-2-30-18(28)14(22-15(24)9-4-3-6-11-21-23-19)8-5-7-10-20-16(25)12-29-13-17(26)27/h14H,2-13H2,1H3,(H,20,25)(H,22,24)(H,26,27)/t14-/m0/s1. The summed E-state index contributed by atoms with van der Waals surface area (Å²) in [7, 11) is 0. The van der Waals surface area contributed by atoms with Crippen molar-refractivity contribution >= 4 is 23.8 Å². The quantitative estimate of drug-likeness (QED) is 0.0964. The maximum absolute atomic E-state index is 12.1. The van der Waals surface area contributed by atoms with Gasteiger partial charge in [-0.1, -0.05) is 11.5 Å². The number of azide groups is 1. The van der Waals surface area contributed by atoms with Crippen molar-refractivity contribution in [1.29, 1.82) is 0 Å². The number of hydrogen-bond donors (Lipinski definition) is 3. The minimum absolute atomic E-state index is 0.205. The van der Waals surface area contributed by atoms with Gasteiger partial charge >= 0.3 is 11.9 Å². The number of carbonyl (C=O) groups is 4. The second-order valence-electron chi connectivity index (χ2n) is 6.37. The van der Waals surface area contributed by atoms with Crippen molar-refractivity contribution in [2.75, 3.05) is 32.9 Å². The van der Waals surface area contributed by atoms with Crippen LogP contribution in [0.25, 0.3) is 10.4 Å². The lowest BCUT2D eigenvalue weighted by Crippen LogP contribution is -2.42. The van der Waals surface area contributed by atoms with Crippen LogP contribution in [0.2, 0.25) is 0 Å². The van der Waals surface area contributed by atoms with Gasteiger partial charge in [0.05, 0.1) is 6.61 Å². The molecule has 0 radical (unpaired) electrons. The molecule has 0 aromatic heterocycles. The fourth-order valence-corrected chi connectivity index (χ4v) is 2.43. The average molecular weight is 429 g/mol. The molecular weight excluding hydrogens is 398 g/mol. The third kappa shape index (κ3) is 16.1. The van der Waals surface area contributed by atoms with Gasteiger partial charge in [-0.25, -0.2) is 9.59 Å². The first kappa shape index (κ1) is 27.1. The monoisotopic (exact) mass is 429 g/mol. The first-order chi connectivity index (χ1) is 14.4. The number of amides is 2. The topological polar surface area (TPSA) is 180 Å². The van der Waals surface area contributed by atoms with Crippen LogP contribution in [-0.2, 0) is 28.7 Å². The van der Waals surface area contributed by atoms with E-state index < -0.39 is 30.5 Å². The van der Waals surface area contributed by atoms with Crippen molar-refractivity contribution in [1.82, 2.24) is 10.6 Å². The van der Waals surface area contributed by atoms with Gasteiger partial charge in [-0.2, -0.15) is 0 Å². The fourth-order valence-electron chi connectivity index (χ4n) is 2.43. The molecule has 0 rings (SSSR count). The average Bonchev–Trinajstić information content (AvgIpc) is 2.69.